The molecule has 1 aromatic heterocycles. The lowest BCUT2D eigenvalue weighted by Crippen LogP contribution is -2.55. The van der Waals surface area contributed by atoms with Gasteiger partial charge in [0.25, 0.3) is 5.91 Å². The Morgan fingerprint density at radius 3 is 2.64 bits per heavy atom. The number of benzene rings is 1. The largest absolute Gasteiger partial charge is 0.383 e. The number of aryl methyl sites for hydroxylation is 2. The van der Waals surface area contributed by atoms with Gasteiger partial charge < -0.3 is 40.4 Å². The summed E-state index contributed by atoms with van der Waals surface area (Å²) in [5.74, 6) is -1.15. The molecule has 2 rings (SSSR count). The smallest absolute Gasteiger partial charge is 0.273 e. The fourth-order valence-electron chi connectivity index (χ4n) is 3.04. The van der Waals surface area contributed by atoms with Crippen molar-refractivity contribution in [3.8, 4) is 0 Å². The van der Waals surface area contributed by atoms with E-state index in [4.69, 9.17) is 9.26 Å². The summed E-state index contributed by atoms with van der Waals surface area (Å²) in [5, 5.41) is 24.7. The Morgan fingerprint density at radius 2 is 2.03 bits per heavy atom. The van der Waals surface area contributed by atoms with Crippen LogP contribution in [0.15, 0.2) is 28.8 Å². The predicted octanol–water partition coefficient (Wildman–Crippen LogP) is 0.0211. The average molecular weight is 530 g/mol. The summed E-state index contributed by atoms with van der Waals surface area (Å²) in [7, 11) is 1.76. The predicted molar refractivity (Wildman–Crippen MR) is 131 cm³/mol. The SMILES string of the molecule is CNCCOC[C@H](NC[C@H](NC(=O)c1cc(C)on1)[C@@H](O)C=O)C(=O)NCc1ccc(C)cc1F.Cl. The number of nitrogens with zero attached hydrogens (tertiary/aromatic N) is 1. The zero-order valence-corrected chi connectivity index (χ0v) is 21.2. The zero-order valence-electron chi connectivity index (χ0n) is 20.4. The molecule has 13 heteroatoms. The molecule has 3 atom stereocenters. The van der Waals surface area contributed by atoms with E-state index >= 15 is 0 Å². The number of halogens is 2. The highest BCUT2D eigenvalue weighted by atomic mass is 35.5. The van der Waals surface area contributed by atoms with Crippen LogP contribution in [0.4, 0.5) is 4.39 Å². The van der Waals surface area contributed by atoms with E-state index in [1.807, 2.05) is 0 Å². The summed E-state index contributed by atoms with van der Waals surface area (Å²) in [6.45, 7) is 4.05. The molecule has 1 heterocycles. The van der Waals surface area contributed by atoms with Gasteiger partial charge in [-0.05, 0) is 32.5 Å². The monoisotopic (exact) mass is 529 g/mol. The summed E-state index contributed by atoms with van der Waals surface area (Å²) < 4.78 is 24.5. The van der Waals surface area contributed by atoms with Crippen LogP contribution in [0.5, 0.6) is 0 Å². The molecule has 1 aromatic carbocycles. The molecule has 0 aliphatic carbocycles. The molecular formula is C23H33ClFN5O6. The molecule has 0 aliphatic heterocycles. The number of aliphatic hydroxyl groups is 1. The molecule has 2 aromatic rings. The first kappa shape index (κ1) is 31.1. The molecule has 0 bridgehead atoms. The molecular weight excluding hydrogens is 497 g/mol. The van der Waals surface area contributed by atoms with E-state index in [2.05, 4.69) is 26.4 Å². The minimum absolute atomic E-state index is 0. The van der Waals surface area contributed by atoms with Crippen LogP contribution in [0.25, 0.3) is 0 Å². The van der Waals surface area contributed by atoms with Gasteiger partial charge in [-0.1, -0.05) is 17.3 Å². The van der Waals surface area contributed by atoms with E-state index in [-0.39, 0.29) is 44.1 Å². The van der Waals surface area contributed by atoms with Gasteiger partial charge in [-0.25, -0.2) is 4.39 Å². The fourth-order valence-corrected chi connectivity index (χ4v) is 3.04. The number of carbonyl (C=O) groups is 3. The second kappa shape index (κ2) is 16.0. The van der Waals surface area contributed by atoms with Crippen LogP contribution in [-0.4, -0.2) is 79.9 Å². The number of hydrogen-bond donors (Lipinski definition) is 5. The maximum Gasteiger partial charge on any atom is 0.273 e. The Labute approximate surface area is 214 Å². The van der Waals surface area contributed by atoms with Crippen LogP contribution in [0.2, 0.25) is 0 Å². The normalized spacial score (nSPS) is 13.2. The highest BCUT2D eigenvalue weighted by Crippen LogP contribution is 2.09. The maximum absolute atomic E-state index is 14.1. The summed E-state index contributed by atoms with van der Waals surface area (Å²) in [6, 6.07) is 4.14. The molecule has 0 saturated carbocycles. The first-order valence-corrected chi connectivity index (χ1v) is 11.1. The molecule has 0 unspecified atom stereocenters. The highest BCUT2D eigenvalue weighted by Gasteiger charge is 2.26. The molecule has 0 radical (unpaired) electrons. The lowest BCUT2D eigenvalue weighted by atomic mass is 10.1. The van der Waals surface area contributed by atoms with E-state index in [0.29, 0.717) is 24.5 Å². The minimum atomic E-state index is -1.55. The van der Waals surface area contributed by atoms with Crippen molar-refractivity contribution >= 4 is 30.5 Å². The Balaban J connectivity index is 0.00000648. The number of likely N-dealkylation sites (N-methyl/N-ethyl adjacent to an activating group) is 1. The number of carbonyl (C=O) groups excluding carboxylic acids is 3. The molecule has 0 saturated heterocycles. The zero-order chi connectivity index (χ0) is 25.8. The number of aldehydes is 1. The van der Waals surface area contributed by atoms with E-state index in [0.717, 1.165) is 5.56 Å². The number of hydrogen-bond acceptors (Lipinski definition) is 9. The first-order chi connectivity index (χ1) is 16.7. The van der Waals surface area contributed by atoms with Gasteiger partial charge in [-0.3, -0.25) is 9.59 Å². The number of ether oxygens (including phenoxy) is 1. The molecule has 2 amide bonds. The minimum Gasteiger partial charge on any atom is -0.383 e. The van der Waals surface area contributed by atoms with Crippen LogP contribution >= 0.6 is 12.4 Å². The van der Waals surface area contributed by atoms with E-state index in [1.54, 1.807) is 33.0 Å². The number of nitrogens with one attached hydrogen (secondary N) is 4. The summed E-state index contributed by atoms with van der Waals surface area (Å²) in [4.78, 5) is 36.4. The van der Waals surface area contributed by atoms with Crippen molar-refractivity contribution in [3.63, 3.8) is 0 Å². The standard InChI is InChI=1S/C23H32FN5O6.ClH/c1-14-4-5-16(17(24)8-14)10-27-22(32)20(13-34-7-6-25-3)26-11-19(21(31)12-30)28-23(33)18-9-15(2)35-29-18;/h4-5,8-9,12,19-21,25-26,31H,6-7,10-11,13H2,1-3H3,(H,27,32)(H,28,33);1H/t19-,20-,21-;/m0./s1. The van der Waals surface area contributed by atoms with Gasteiger partial charge in [0, 0.05) is 31.3 Å². The Kier molecular flexibility index (Phi) is 13.8. The summed E-state index contributed by atoms with van der Waals surface area (Å²) in [6.07, 6.45) is -1.27. The molecule has 0 fully saturated rings. The first-order valence-electron chi connectivity index (χ1n) is 11.1. The van der Waals surface area contributed by atoms with Crippen molar-refractivity contribution in [2.24, 2.45) is 0 Å². The van der Waals surface area contributed by atoms with Gasteiger partial charge in [0.15, 0.2) is 12.0 Å². The van der Waals surface area contributed by atoms with Crippen LogP contribution in [0.1, 0.15) is 27.4 Å². The molecule has 11 nitrogen and oxygen atoms in total. The summed E-state index contributed by atoms with van der Waals surface area (Å²) in [5.41, 5.74) is 1.07. The molecule has 200 valence electrons. The van der Waals surface area contributed by atoms with Crippen LogP contribution in [0.3, 0.4) is 0 Å². The number of rotatable bonds is 15. The quantitative estimate of drug-likeness (QED) is 0.159. The van der Waals surface area contributed by atoms with Gasteiger partial charge in [0.2, 0.25) is 5.91 Å². The molecule has 0 aliphatic rings. The molecule has 36 heavy (non-hydrogen) atoms. The van der Waals surface area contributed by atoms with Crippen molar-refractivity contribution in [1.82, 2.24) is 26.4 Å². The van der Waals surface area contributed by atoms with Crippen LogP contribution < -0.4 is 21.3 Å². The Morgan fingerprint density at radius 1 is 1.28 bits per heavy atom. The second-order valence-corrected chi connectivity index (χ2v) is 7.98. The van der Waals surface area contributed by atoms with Gasteiger partial charge in [-0.2, -0.15) is 0 Å². The van der Waals surface area contributed by atoms with Gasteiger partial charge in [0.05, 0.1) is 19.3 Å². The third-order valence-corrected chi connectivity index (χ3v) is 5.07. The van der Waals surface area contributed by atoms with Crippen LogP contribution in [-0.2, 0) is 20.9 Å². The number of aliphatic hydroxyl groups excluding tert-OH is 1. The lowest BCUT2D eigenvalue weighted by Gasteiger charge is -2.24. The van der Waals surface area contributed by atoms with E-state index < -0.39 is 35.8 Å². The molecule has 5 N–H and O–H groups in total. The van der Waals surface area contributed by atoms with Crippen LogP contribution in [0, 0.1) is 19.7 Å². The third kappa shape index (κ3) is 9.99. The van der Waals surface area contributed by atoms with E-state index in [1.165, 1.54) is 12.1 Å². The van der Waals surface area contributed by atoms with Crippen molar-refractivity contribution in [2.45, 2.75) is 38.6 Å². The number of aromatic nitrogens is 1. The molecule has 0 spiro atoms. The highest BCUT2D eigenvalue weighted by molar-refractivity contribution is 5.92. The Hall–Kier alpha value is -2.90. The van der Waals surface area contributed by atoms with Crippen molar-refractivity contribution in [1.29, 1.82) is 0 Å². The van der Waals surface area contributed by atoms with Gasteiger partial charge >= 0.3 is 0 Å². The topological polar surface area (TPSA) is 155 Å². The van der Waals surface area contributed by atoms with E-state index in [9.17, 15) is 23.9 Å². The second-order valence-electron chi connectivity index (χ2n) is 7.98. The summed E-state index contributed by atoms with van der Waals surface area (Å²) >= 11 is 0. The van der Waals surface area contributed by atoms with Crippen molar-refractivity contribution in [3.05, 3.63) is 52.7 Å². The maximum atomic E-state index is 14.1. The lowest BCUT2D eigenvalue weighted by molar-refractivity contribution is -0.124. The fraction of sp³-hybridized carbons (Fsp3) is 0.478. The van der Waals surface area contributed by atoms with Crippen molar-refractivity contribution < 1.29 is 33.1 Å². The third-order valence-electron chi connectivity index (χ3n) is 5.07. The Bertz CT molecular complexity index is 992. The van der Waals surface area contributed by atoms with Gasteiger partial charge in [-0.15, -0.1) is 12.4 Å². The average Bonchev–Trinajstić information content (AvgIpc) is 3.27. The van der Waals surface area contributed by atoms with Gasteiger partial charge in [0.1, 0.15) is 23.7 Å². The van der Waals surface area contributed by atoms with Crippen molar-refractivity contribution in [2.75, 3.05) is 33.4 Å². The number of amides is 2.